The molecule has 0 bridgehead atoms. The van der Waals surface area contributed by atoms with Crippen LogP contribution in [0, 0.1) is 5.92 Å². The van der Waals surface area contributed by atoms with Gasteiger partial charge in [-0.2, -0.15) is 4.31 Å². The summed E-state index contributed by atoms with van der Waals surface area (Å²) in [6, 6.07) is 10.0. The molecule has 1 aliphatic heterocycles. The van der Waals surface area contributed by atoms with Crippen molar-refractivity contribution in [3.05, 3.63) is 48.2 Å². The summed E-state index contributed by atoms with van der Waals surface area (Å²) in [5.74, 6) is 0.0124. The molecule has 1 unspecified atom stereocenters. The molecule has 3 rings (SSSR count). The van der Waals surface area contributed by atoms with E-state index in [2.05, 4.69) is 10.3 Å². The van der Waals surface area contributed by atoms with Crippen LogP contribution in [0.2, 0.25) is 0 Å². The standard InChI is InChI=1S/C23H31N5O4S/c1-5-27(6-2)33(31,32)20-10-8-19(9-11-20)28-16-18(13-22(28)29)23(30)25-15-17-7-12-21(24-14-17)26(3)4/h7-12,14,18H,5-6,13,15-16H2,1-4H3,(H,25,30). The summed E-state index contributed by atoms with van der Waals surface area (Å²) in [4.78, 5) is 33.1. The molecule has 0 saturated carbocycles. The zero-order valence-corrected chi connectivity index (χ0v) is 20.3. The molecule has 2 aromatic rings. The molecule has 0 radical (unpaired) electrons. The SMILES string of the molecule is CCN(CC)S(=O)(=O)c1ccc(N2CC(C(=O)NCc3ccc(N(C)C)nc3)CC2=O)cc1. The molecule has 33 heavy (non-hydrogen) atoms. The molecule has 9 nitrogen and oxygen atoms in total. The van der Waals surface area contributed by atoms with Crippen LogP contribution < -0.4 is 15.1 Å². The highest BCUT2D eigenvalue weighted by molar-refractivity contribution is 7.89. The summed E-state index contributed by atoms with van der Waals surface area (Å²) in [6.45, 7) is 4.94. The van der Waals surface area contributed by atoms with E-state index >= 15 is 0 Å². The maximum atomic E-state index is 12.7. The van der Waals surface area contributed by atoms with E-state index in [1.807, 2.05) is 31.1 Å². The number of hydrogen-bond donors (Lipinski definition) is 1. The highest BCUT2D eigenvalue weighted by atomic mass is 32.2. The van der Waals surface area contributed by atoms with Crippen LogP contribution in [0.15, 0.2) is 47.5 Å². The molecular weight excluding hydrogens is 442 g/mol. The predicted octanol–water partition coefficient (Wildman–Crippen LogP) is 1.85. The molecule has 178 valence electrons. The van der Waals surface area contributed by atoms with Crippen molar-refractivity contribution in [1.82, 2.24) is 14.6 Å². The molecule has 1 atom stereocenters. The van der Waals surface area contributed by atoms with Gasteiger partial charge in [-0.05, 0) is 35.9 Å². The van der Waals surface area contributed by atoms with E-state index in [4.69, 9.17) is 0 Å². The van der Waals surface area contributed by atoms with Gasteiger partial charge in [-0.15, -0.1) is 0 Å². The van der Waals surface area contributed by atoms with Crippen molar-refractivity contribution in [1.29, 1.82) is 0 Å². The molecule has 1 aromatic heterocycles. The summed E-state index contributed by atoms with van der Waals surface area (Å²) in [5, 5.41) is 2.88. The van der Waals surface area contributed by atoms with Crippen LogP contribution in [0.3, 0.4) is 0 Å². The highest BCUT2D eigenvalue weighted by Gasteiger charge is 2.35. The number of nitrogens with one attached hydrogen (secondary N) is 1. The normalized spacial score (nSPS) is 16.3. The van der Waals surface area contributed by atoms with Gasteiger partial charge in [0, 0.05) is 58.6 Å². The van der Waals surface area contributed by atoms with Gasteiger partial charge in [0.15, 0.2) is 0 Å². The second kappa shape index (κ2) is 10.3. The molecular formula is C23H31N5O4S. The average Bonchev–Trinajstić information content (AvgIpc) is 3.20. The Morgan fingerprint density at radius 3 is 2.33 bits per heavy atom. The van der Waals surface area contributed by atoms with E-state index in [0.717, 1.165) is 11.4 Å². The number of aromatic nitrogens is 1. The van der Waals surface area contributed by atoms with Crippen molar-refractivity contribution in [2.24, 2.45) is 5.92 Å². The number of nitrogens with zero attached hydrogens (tertiary/aromatic N) is 4. The quantitative estimate of drug-likeness (QED) is 0.596. The van der Waals surface area contributed by atoms with Gasteiger partial charge in [0.1, 0.15) is 5.82 Å². The number of carbonyl (C=O) groups is 2. The Kier molecular flexibility index (Phi) is 7.70. The second-order valence-electron chi connectivity index (χ2n) is 8.13. The lowest BCUT2D eigenvalue weighted by atomic mass is 10.1. The van der Waals surface area contributed by atoms with Crippen LogP contribution in [0.5, 0.6) is 0 Å². The number of benzene rings is 1. The molecule has 1 saturated heterocycles. The summed E-state index contributed by atoms with van der Waals surface area (Å²) in [7, 11) is 0.251. The van der Waals surface area contributed by atoms with Gasteiger partial charge in [0.25, 0.3) is 0 Å². The predicted molar refractivity (Wildman–Crippen MR) is 127 cm³/mol. The Bertz CT molecular complexity index is 1080. The maximum absolute atomic E-state index is 12.7. The Hall–Kier alpha value is -2.98. The molecule has 0 spiro atoms. The Balaban J connectivity index is 1.62. The van der Waals surface area contributed by atoms with Crippen molar-refractivity contribution in [3.63, 3.8) is 0 Å². The fourth-order valence-electron chi connectivity index (χ4n) is 3.76. The molecule has 1 aromatic carbocycles. The molecule has 10 heteroatoms. The van der Waals surface area contributed by atoms with Crippen molar-refractivity contribution >= 4 is 33.3 Å². The average molecular weight is 474 g/mol. The summed E-state index contributed by atoms with van der Waals surface area (Å²) >= 11 is 0. The third kappa shape index (κ3) is 5.51. The van der Waals surface area contributed by atoms with E-state index in [1.54, 1.807) is 32.2 Å². The molecule has 1 fully saturated rings. The van der Waals surface area contributed by atoms with E-state index in [-0.39, 0.29) is 29.7 Å². The summed E-state index contributed by atoms with van der Waals surface area (Å²) in [6.07, 6.45) is 1.83. The number of hydrogen-bond acceptors (Lipinski definition) is 6. The molecule has 1 aliphatic rings. The minimum atomic E-state index is -3.56. The number of rotatable bonds is 9. The zero-order valence-electron chi connectivity index (χ0n) is 19.5. The van der Waals surface area contributed by atoms with Gasteiger partial charge in [0.05, 0.1) is 10.8 Å². The molecule has 1 N–H and O–H groups in total. The van der Waals surface area contributed by atoms with Gasteiger partial charge in [-0.1, -0.05) is 19.9 Å². The molecule has 2 heterocycles. The number of pyridine rings is 1. The minimum Gasteiger partial charge on any atom is -0.363 e. The topological polar surface area (TPSA) is 103 Å². The van der Waals surface area contributed by atoms with Gasteiger partial charge in [0.2, 0.25) is 21.8 Å². The van der Waals surface area contributed by atoms with Crippen LogP contribution in [0.4, 0.5) is 11.5 Å². The monoisotopic (exact) mass is 473 g/mol. The van der Waals surface area contributed by atoms with Crippen LogP contribution in [0.1, 0.15) is 25.8 Å². The summed E-state index contributed by atoms with van der Waals surface area (Å²) in [5.41, 5.74) is 1.46. The van der Waals surface area contributed by atoms with E-state index in [0.29, 0.717) is 25.3 Å². The van der Waals surface area contributed by atoms with E-state index < -0.39 is 15.9 Å². The Labute approximate surface area is 195 Å². The van der Waals surface area contributed by atoms with Gasteiger partial charge >= 0.3 is 0 Å². The van der Waals surface area contributed by atoms with Gasteiger partial charge in [-0.3, -0.25) is 9.59 Å². The smallest absolute Gasteiger partial charge is 0.243 e. The third-order valence-electron chi connectivity index (χ3n) is 5.72. The lowest BCUT2D eigenvalue weighted by Gasteiger charge is -2.20. The van der Waals surface area contributed by atoms with E-state index in [1.165, 1.54) is 21.3 Å². The van der Waals surface area contributed by atoms with Crippen molar-refractivity contribution in [3.8, 4) is 0 Å². The number of anilines is 2. The van der Waals surface area contributed by atoms with Crippen LogP contribution in [0.25, 0.3) is 0 Å². The van der Waals surface area contributed by atoms with Gasteiger partial charge < -0.3 is 15.1 Å². The first kappa shape index (κ1) is 24.7. The number of amides is 2. The Morgan fingerprint density at radius 2 is 1.79 bits per heavy atom. The molecule has 2 amide bonds. The first-order chi connectivity index (χ1) is 15.7. The van der Waals surface area contributed by atoms with Crippen molar-refractivity contribution in [2.75, 3.05) is 43.5 Å². The number of sulfonamides is 1. The fourth-order valence-corrected chi connectivity index (χ4v) is 5.22. The van der Waals surface area contributed by atoms with Crippen LogP contribution in [-0.4, -0.2) is 63.3 Å². The van der Waals surface area contributed by atoms with Gasteiger partial charge in [-0.25, -0.2) is 13.4 Å². The third-order valence-corrected chi connectivity index (χ3v) is 7.79. The first-order valence-corrected chi connectivity index (χ1v) is 12.4. The van der Waals surface area contributed by atoms with E-state index in [9.17, 15) is 18.0 Å². The number of carbonyl (C=O) groups excluding carboxylic acids is 2. The zero-order chi connectivity index (χ0) is 24.2. The largest absolute Gasteiger partial charge is 0.363 e. The second-order valence-corrected chi connectivity index (χ2v) is 10.1. The fraction of sp³-hybridized carbons (Fsp3) is 0.435. The van der Waals surface area contributed by atoms with Crippen LogP contribution >= 0.6 is 0 Å². The van der Waals surface area contributed by atoms with Crippen LogP contribution in [-0.2, 0) is 26.2 Å². The minimum absolute atomic E-state index is 0.114. The summed E-state index contributed by atoms with van der Waals surface area (Å²) < 4.78 is 26.7. The van der Waals surface area contributed by atoms with Crippen molar-refractivity contribution < 1.29 is 18.0 Å². The van der Waals surface area contributed by atoms with Crippen molar-refractivity contribution in [2.45, 2.75) is 31.7 Å². The lowest BCUT2D eigenvalue weighted by Crippen LogP contribution is -2.32. The Morgan fingerprint density at radius 1 is 1.12 bits per heavy atom. The first-order valence-electron chi connectivity index (χ1n) is 11.0. The maximum Gasteiger partial charge on any atom is 0.243 e. The molecule has 0 aliphatic carbocycles. The highest BCUT2D eigenvalue weighted by Crippen LogP contribution is 2.27. The lowest BCUT2D eigenvalue weighted by molar-refractivity contribution is -0.126.